The van der Waals surface area contributed by atoms with Gasteiger partial charge >= 0.3 is 0 Å². The van der Waals surface area contributed by atoms with E-state index in [1.165, 1.54) is 0 Å². The summed E-state index contributed by atoms with van der Waals surface area (Å²) in [4.78, 5) is 21.6. The molecular weight excluding hydrogens is 364 g/mol. The fourth-order valence-electron chi connectivity index (χ4n) is 2.98. The highest BCUT2D eigenvalue weighted by Crippen LogP contribution is 2.23. The molecule has 1 aromatic heterocycles. The molecule has 0 atom stereocenters. The normalized spacial score (nSPS) is 10.5. The molecule has 0 aliphatic heterocycles. The van der Waals surface area contributed by atoms with Crippen LogP contribution in [0.3, 0.4) is 0 Å². The topological polar surface area (TPSA) is 76.1 Å². The van der Waals surface area contributed by atoms with Crippen LogP contribution in [0.15, 0.2) is 78.9 Å². The van der Waals surface area contributed by atoms with Crippen molar-refractivity contribution >= 4 is 28.3 Å². The summed E-state index contributed by atoms with van der Waals surface area (Å²) in [6.07, 6.45) is 0. The SMILES string of the molecule is COc1cccc(CNC(=O)c2nc(Nc3ccccc3)c3ccccc3n2)c1. The number of fused-ring (bicyclic) bond motifs is 1. The van der Waals surface area contributed by atoms with E-state index in [9.17, 15) is 4.79 Å². The number of nitrogens with zero attached hydrogens (tertiary/aromatic N) is 2. The number of ether oxygens (including phenoxy) is 1. The van der Waals surface area contributed by atoms with Crippen LogP contribution >= 0.6 is 0 Å². The van der Waals surface area contributed by atoms with Crippen molar-refractivity contribution in [1.29, 1.82) is 0 Å². The average molecular weight is 384 g/mol. The first kappa shape index (κ1) is 18.4. The molecule has 0 spiro atoms. The monoisotopic (exact) mass is 384 g/mol. The summed E-state index contributed by atoms with van der Waals surface area (Å²) >= 11 is 0. The third-order valence-electron chi connectivity index (χ3n) is 4.43. The number of rotatable bonds is 6. The Bertz CT molecular complexity index is 1150. The minimum Gasteiger partial charge on any atom is -0.497 e. The van der Waals surface area contributed by atoms with Crippen molar-refractivity contribution in [2.45, 2.75) is 6.54 Å². The number of carbonyl (C=O) groups is 1. The first-order chi connectivity index (χ1) is 14.2. The summed E-state index contributed by atoms with van der Waals surface area (Å²) in [6, 6.07) is 24.9. The number of methoxy groups -OCH3 is 1. The van der Waals surface area contributed by atoms with E-state index in [0.717, 1.165) is 22.4 Å². The highest BCUT2D eigenvalue weighted by Gasteiger charge is 2.14. The number of nitrogens with one attached hydrogen (secondary N) is 2. The van der Waals surface area contributed by atoms with Gasteiger partial charge in [-0.05, 0) is 42.0 Å². The molecule has 0 aliphatic rings. The second-order valence-electron chi connectivity index (χ2n) is 6.44. The molecule has 0 aliphatic carbocycles. The van der Waals surface area contributed by atoms with Crippen LogP contribution in [0.25, 0.3) is 10.9 Å². The maximum absolute atomic E-state index is 12.7. The van der Waals surface area contributed by atoms with E-state index >= 15 is 0 Å². The Labute approximate surface area is 168 Å². The molecule has 3 aromatic carbocycles. The number of amides is 1. The Hall–Kier alpha value is -3.93. The van der Waals surface area contributed by atoms with Crippen LogP contribution in [0.2, 0.25) is 0 Å². The third-order valence-corrected chi connectivity index (χ3v) is 4.43. The van der Waals surface area contributed by atoms with E-state index in [0.29, 0.717) is 17.9 Å². The first-order valence-corrected chi connectivity index (χ1v) is 9.23. The number of aromatic nitrogens is 2. The molecule has 0 saturated heterocycles. The number of hydrogen-bond donors (Lipinski definition) is 2. The van der Waals surface area contributed by atoms with Crippen LogP contribution < -0.4 is 15.4 Å². The van der Waals surface area contributed by atoms with Crippen LogP contribution in [-0.2, 0) is 6.54 Å². The zero-order chi connectivity index (χ0) is 20.1. The van der Waals surface area contributed by atoms with Gasteiger partial charge in [-0.1, -0.05) is 42.5 Å². The van der Waals surface area contributed by atoms with Gasteiger partial charge < -0.3 is 15.4 Å². The van der Waals surface area contributed by atoms with Crippen molar-refractivity contribution in [3.05, 3.63) is 90.3 Å². The number of carbonyl (C=O) groups excluding carboxylic acids is 1. The highest BCUT2D eigenvalue weighted by atomic mass is 16.5. The molecule has 4 aromatic rings. The van der Waals surface area contributed by atoms with Crippen LogP contribution in [0.5, 0.6) is 5.75 Å². The van der Waals surface area contributed by atoms with Crippen LogP contribution in [-0.4, -0.2) is 23.0 Å². The molecule has 29 heavy (non-hydrogen) atoms. The minimum absolute atomic E-state index is 0.116. The van der Waals surface area contributed by atoms with E-state index in [-0.39, 0.29) is 11.7 Å². The number of hydrogen-bond acceptors (Lipinski definition) is 5. The van der Waals surface area contributed by atoms with Crippen molar-refractivity contribution in [2.75, 3.05) is 12.4 Å². The molecule has 6 heteroatoms. The van der Waals surface area contributed by atoms with Gasteiger partial charge in [0.05, 0.1) is 12.6 Å². The van der Waals surface area contributed by atoms with Gasteiger partial charge in [0, 0.05) is 17.6 Å². The molecule has 0 fully saturated rings. The van der Waals surface area contributed by atoms with Crippen molar-refractivity contribution in [1.82, 2.24) is 15.3 Å². The fourth-order valence-corrected chi connectivity index (χ4v) is 2.98. The number of anilines is 2. The van der Waals surface area contributed by atoms with E-state index in [2.05, 4.69) is 20.6 Å². The van der Waals surface area contributed by atoms with Crippen molar-refractivity contribution in [3.63, 3.8) is 0 Å². The zero-order valence-electron chi connectivity index (χ0n) is 15.9. The standard InChI is InChI=1S/C23H20N4O2/c1-29-18-11-7-8-16(14-18)15-24-23(28)22-26-20-13-6-5-12-19(20)21(27-22)25-17-9-3-2-4-10-17/h2-14H,15H2,1H3,(H,24,28)(H,25,26,27). The Morgan fingerprint density at radius 1 is 0.931 bits per heavy atom. The van der Waals surface area contributed by atoms with E-state index in [1.807, 2.05) is 78.9 Å². The Morgan fingerprint density at radius 2 is 1.72 bits per heavy atom. The van der Waals surface area contributed by atoms with Gasteiger partial charge in [0.15, 0.2) is 0 Å². The van der Waals surface area contributed by atoms with Gasteiger partial charge in [-0.15, -0.1) is 0 Å². The second-order valence-corrected chi connectivity index (χ2v) is 6.44. The van der Waals surface area contributed by atoms with Crippen LogP contribution in [0, 0.1) is 0 Å². The first-order valence-electron chi connectivity index (χ1n) is 9.23. The minimum atomic E-state index is -0.338. The lowest BCUT2D eigenvalue weighted by Gasteiger charge is -2.11. The van der Waals surface area contributed by atoms with Crippen LogP contribution in [0.4, 0.5) is 11.5 Å². The summed E-state index contributed by atoms with van der Waals surface area (Å²) in [5.74, 6) is 1.11. The van der Waals surface area contributed by atoms with Gasteiger partial charge in [-0.25, -0.2) is 9.97 Å². The number of benzene rings is 3. The summed E-state index contributed by atoms with van der Waals surface area (Å²) in [5.41, 5.74) is 2.52. The predicted octanol–water partition coefficient (Wildman–Crippen LogP) is 4.31. The summed E-state index contributed by atoms with van der Waals surface area (Å²) in [7, 11) is 1.61. The quantitative estimate of drug-likeness (QED) is 0.518. The van der Waals surface area contributed by atoms with Crippen LogP contribution in [0.1, 0.15) is 16.2 Å². The largest absolute Gasteiger partial charge is 0.497 e. The maximum atomic E-state index is 12.7. The van der Waals surface area contributed by atoms with Gasteiger partial charge in [0.25, 0.3) is 5.91 Å². The molecule has 0 unspecified atom stereocenters. The molecule has 0 saturated carbocycles. The lowest BCUT2D eigenvalue weighted by molar-refractivity contribution is 0.0941. The Kier molecular flexibility index (Phi) is 5.33. The maximum Gasteiger partial charge on any atom is 0.289 e. The summed E-state index contributed by atoms with van der Waals surface area (Å²) in [6.45, 7) is 0.355. The number of para-hydroxylation sites is 2. The van der Waals surface area contributed by atoms with E-state index in [4.69, 9.17) is 4.74 Å². The van der Waals surface area contributed by atoms with Gasteiger partial charge in [-0.2, -0.15) is 0 Å². The average Bonchev–Trinajstić information content (AvgIpc) is 2.78. The second kappa shape index (κ2) is 8.39. The molecule has 144 valence electrons. The van der Waals surface area contributed by atoms with Crippen molar-refractivity contribution in [3.8, 4) is 5.75 Å². The molecule has 0 radical (unpaired) electrons. The lowest BCUT2D eigenvalue weighted by atomic mass is 10.2. The molecule has 0 bridgehead atoms. The molecular formula is C23H20N4O2. The predicted molar refractivity (Wildman–Crippen MR) is 113 cm³/mol. The molecule has 1 amide bonds. The Morgan fingerprint density at radius 3 is 2.55 bits per heavy atom. The van der Waals surface area contributed by atoms with E-state index < -0.39 is 0 Å². The summed E-state index contributed by atoms with van der Waals surface area (Å²) in [5, 5.41) is 7.01. The fraction of sp³-hybridized carbons (Fsp3) is 0.0870. The smallest absolute Gasteiger partial charge is 0.289 e. The van der Waals surface area contributed by atoms with E-state index in [1.54, 1.807) is 7.11 Å². The highest BCUT2D eigenvalue weighted by molar-refractivity contribution is 5.97. The molecule has 6 nitrogen and oxygen atoms in total. The summed E-state index contributed by atoms with van der Waals surface area (Å²) < 4.78 is 5.22. The van der Waals surface area contributed by atoms with Gasteiger partial charge in [0.1, 0.15) is 11.6 Å². The van der Waals surface area contributed by atoms with Crippen molar-refractivity contribution in [2.24, 2.45) is 0 Å². The molecule has 4 rings (SSSR count). The zero-order valence-corrected chi connectivity index (χ0v) is 15.9. The van der Waals surface area contributed by atoms with Gasteiger partial charge in [-0.3, -0.25) is 4.79 Å². The van der Waals surface area contributed by atoms with Gasteiger partial charge in [0.2, 0.25) is 5.82 Å². The van der Waals surface area contributed by atoms with Crippen molar-refractivity contribution < 1.29 is 9.53 Å². The third kappa shape index (κ3) is 4.32. The molecule has 2 N–H and O–H groups in total. The Balaban J connectivity index is 1.60. The molecule has 1 heterocycles. The lowest BCUT2D eigenvalue weighted by Crippen LogP contribution is -2.25.